The topological polar surface area (TPSA) is 40.5 Å². The minimum Gasteiger partial charge on any atom is -0.286 e. The molecule has 76 valence electrons. The van der Waals surface area contributed by atoms with Gasteiger partial charge in [-0.05, 0) is 25.7 Å². The van der Waals surface area contributed by atoms with Crippen LogP contribution in [0.5, 0.6) is 0 Å². The fourth-order valence-corrected chi connectivity index (χ4v) is 0.985. The Hall–Kier alpha value is -0.830. The molecule has 0 saturated heterocycles. The van der Waals surface area contributed by atoms with Crippen LogP contribution < -0.4 is 0 Å². The summed E-state index contributed by atoms with van der Waals surface area (Å²) in [5, 5.41) is 9.39. The molecule has 0 aromatic heterocycles. The second kappa shape index (κ2) is 7.80. The fraction of sp³-hybridized carbons (Fsp3) is 0.700. The summed E-state index contributed by atoms with van der Waals surface area (Å²) in [7, 11) is 1.36. The summed E-state index contributed by atoms with van der Waals surface area (Å²) >= 11 is 0. The van der Waals surface area contributed by atoms with Crippen LogP contribution in [0.1, 0.15) is 39.0 Å². The van der Waals surface area contributed by atoms with Crippen molar-refractivity contribution in [2.45, 2.75) is 39.0 Å². The van der Waals surface area contributed by atoms with Crippen LogP contribution in [0.4, 0.5) is 0 Å². The molecule has 3 heteroatoms. The second-order valence-corrected chi connectivity index (χ2v) is 3.04. The number of unbranched alkanes of at least 4 members (excludes halogenated alkanes) is 2. The Balaban J connectivity index is 3.26. The average Bonchev–Trinajstić information content (AvgIpc) is 2.10. The summed E-state index contributed by atoms with van der Waals surface area (Å²) in [5.74, 6) is -0.209. The average molecular weight is 185 g/mol. The maximum Gasteiger partial charge on any atom is 0.245 e. The Bertz CT molecular complexity index is 164. The first-order chi connectivity index (χ1) is 6.18. The van der Waals surface area contributed by atoms with Crippen molar-refractivity contribution in [1.29, 1.82) is 0 Å². The number of carbonyl (C=O) groups is 1. The molecule has 0 unspecified atom stereocenters. The van der Waals surface area contributed by atoms with Gasteiger partial charge in [0.25, 0.3) is 0 Å². The van der Waals surface area contributed by atoms with Crippen LogP contribution in [0, 0.1) is 0 Å². The van der Waals surface area contributed by atoms with E-state index in [9.17, 15) is 4.79 Å². The molecule has 0 aliphatic heterocycles. The zero-order valence-corrected chi connectivity index (χ0v) is 8.49. The number of hydrogen-bond donors (Lipinski definition) is 1. The number of hydroxylamine groups is 2. The number of rotatable bonds is 6. The van der Waals surface area contributed by atoms with Crippen molar-refractivity contribution in [3.05, 3.63) is 12.2 Å². The first-order valence-electron chi connectivity index (χ1n) is 4.79. The molecule has 0 heterocycles. The highest BCUT2D eigenvalue weighted by molar-refractivity contribution is 5.74. The third kappa shape index (κ3) is 7.53. The molecule has 0 atom stereocenters. The van der Waals surface area contributed by atoms with Crippen LogP contribution in [0.15, 0.2) is 12.2 Å². The Kier molecular flexibility index (Phi) is 7.30. The second-order valence-electron chi connectivity index (χ2n) is 3.04. The van der Waals surface area contributed by atoms with E-state index in [1.807, 2.05) is 0 Å². The van der Waals surface area contributed by atoms with Crippen LogP contribution >= 0.6 is 0 Å². The lowest BCUT2D eigenvalue weighted by Crippen LogP contribution is -2.21. The molecule has 13 heavy (non-hydrogen) atoms. The molecule has 0 aromatic rings. The van der Waals surface area contributed by atoms with Gasteiger partial charge in [0.2, 0.25) is 5.91 Å². The predicted molar refractivity (Wildman–Crippen MR) is 52.5 cm³/mol. The SMILES string of the molecule is CC/C=C\CCCCC(=O)N(C)O. The van der Waals surface area contributed by atoms with Gasteiger partial charge in [-0.2, -0.15) is 0 Å². The van der Waals surface area contributed by atoms with Crippen molar-refractivity contribution in [3.8, 4) is 0 Å². The molecule has 0 rings (SSSR count). The lowest BCUT2D eigenvalue weighted by molar-refractivity contribution is -0.159. The largest absolute Gasteiger partial charge is 0.286 e. The van der Waals surface area contributed by atoms with Crippen molar-refractivity contribution >= 4 is 5.91 Å². The maximum atomic E-state index is 10.9. The summed E-state index contributed by atoms with van der Waals surface area (Å²) in [6.07, 6.45) is 8.64. The van der Waals surface area contributed by atoms with Crippen LogP contribution in [-0.2, 0) is 4.79 Å². The van der Waals surface area contributed by atoms with Gasteiger partial charge < -0.3 is 0 Å². The van der Waals surface area contributed by atoms with Gasteiger partial charge in [-0.25, -0.2) is 5.06 Å². The molecule has 0 spiro atoms. The summed E-state index contributed by atoms with van der Waals surface area (Å²) in [6.45, 7) is 2.10. The first kappa shape index (κ1) is 12.2. The minimum atomic E-state index is -0.209. The Morgan fingerprint density at radius 1 is 1.38 bits per heavy atom. The number of amides is 1. The van der Waals surface area contributed by atoms with Crippen LogP contribution in [0.25, 0.3) is 0 Å². The van der Waals surface area contributed by atoms with Gasteiger partial charge >= 0.3 is 0 Å². The number of nitrogens with zero attached hydrogens (tertiary/aromatic N) is 1. The van der Waals surface area contributed by atoms with Crippen molar-refractivity contribution < 1.29 is 10.0 Å². The zero-order chi connectivity index (χ0) is 10.1. The summed E-state index contributed by atoms with van der Waals surface area (Å²) in [5.41, 5.74) is 0. The smallest absolute Gasteiger partial charge is 0.245 e. The molecule has 1 N–H and O–H groups in total. The van der Waals surface area contributed by atoms with Gasteiger partial charge in [-0.3, -0.25) is 10.0 Å². The van der Waals surface area contributed by atoms with Crippen molar-refractivity contribution in [2.75, 3.05) is 7.05 Å². The highest BCUT2D eigenvalue weighted by atomic mass is 16.5. The molecular formula is C10H19NO2. The standard InChI is InChI=1S/C10H19NO2/c1-3-4-5-6-7-8-9-10(12)11(2)13/h4-5,13H,3,6-9H2,1-2H3/b5-4-. The lowest BCUT2D eigenvalue weighted by atomic mass is 10.2. The van der Waals surface area contributed by atoms with Crippen molar-refractivity contribution in [2.24, 2.45) is 0 Å². The third-order valence-electron chi connectivity index (χ3n) is 1.77. The van der Waals surface area contributed by atoms with E-state index in [1.54, 1.807) is 0 Å². The Labute approximate surface area is 80.0 Å². The van der Waals surface area contributed by atoms with E-state index in [1.165, 1.54) is 7.05 Å². The van der Waals surface area contributed by atoms with Crippen molar-refractivity contribution in [1.82, 2.24) is 5.06 Å². The van der Waals surface area contributed by atoms with E-state index in [2.05, 4.69) is 19.1 Å². The summed E-state index contributed by atoms with van der Waals surface area (Å²) in [6, 6.07) is 0. The van der Waals surface area contributed by atoms with Crippen LogP contribution in [-0.4, -0.2) is 23.2 Å². The fourth-order valence-electron chi connectivity index (χ4n) is 0.985. The van der Waals surface area contributed by atoms with Gasteiger partial charge in [0.05, 0.1) is 0 Å². The molecule has 0 radical (unpaired) electrons. The third-order valence-corrected chi connectivity index (χ3v) is 1.77. The molecular weight excluding hydrogens is 166 g/mol. The van der Waals surface area contributed by atoms with Gasteiger partial charge in [0.1, 0.15) is 0 Å². The molecule has 0 aliphatic carbocycles. The van der Waals surface area contributed by atoms with Gasteiger partial charge in [0.15, 0.2) is 0 Å². The quantitative estimate of drug-likeness (QED) is 0.299. The normalized spacial score (nSPS) is 10.7. The van der Waals surface area contributed by atoms with E-state index in [0.717, 1.165) is 25.7 Å². The maximum absolute atomic E-state index is 10.9. The monoisotopic (exact) mass is 185 g/mol. The van der Waals surface area contributed by atoms with Crippen LogP contribution in [0.3, 0.4) is 0 Å². The molecule has 1 amide bonds. The van der Waals surface area contributed by atoms with Gasteiger partial charge in [0, 0.05) is 13.5 Å². The van der Waals surface area contributed by atoms with Gasteiger partial charge in [-0.15, -0.1) is 0 Å². The van der Waals surface area contributed by atoms with Crippen LogP contribution in [0.2, 0.25) is 0 Å². The first-order valence-corrected chi connectivity index (χ1v) is 4.79. The Morgan fingerprint density at radius 3 is 2.62 bits per heavy atom. The highest BCUT2D eigenvalue weighted by Crippen LogP contribution is 2.02. The zero-order valence-electron chi connectivity index (χ0n) is 8.49. The summed E-state index contributed by atoms with van der Waals surface area (Å²) in [4.78, 5) is 10.9. The molecule has 0 aromatic carbocycles. The van der Waals surface area contributed by atoms with E-state index in [-0.39, 0.29) is 5.91 Å². The van der Waals surface area contributed by atoms with E-state index in [0.29, 0.717) is 11.5 Å². The lowest BCUT2D eigenvalue weighted by Gasteiger charge is -2.06. The number of carbonyl (C=O) groups excluding carboxylic acids is 1. The van der Waals surface area contributed by atoms with E-state index < -0.39 is 0 Å². The van der Waals surface area contributed by atoms with Gasteiger partial charge in [-0.1, -0.05) is 19.1 Å². The molecule has 0 fully saturated rings. The van der Waals surface area contributed by atoms with E-state index in [4.69, 9.17) is 5.21 Å². The molecule has 3 nitrogen and oxygen atoms in total. The Morgan fingerprint density at radius 2 is 2.08 bits per heavy atom. The number of allylic oxidation sites excluding steroid dienone is 2. The van der Waals surface area contributed by atoms with E-state index >= 15 is 0 Å². The predicted octanol–water partition coefficient (Wildman–Crippen LogP) is 2.36. The highest BCUT2D eigenvalue weighted by Gasteiger charge is 2.03. The molecule has 0 bridgehead atoms. The molecule has 0 saturated carbocycles. The minimum absolute atomic E-state index is 0.209. The number of hydrogen-bond acceptors (Lipinski definition) is 2. The van der Waals surface area contributed by atoms with Crippen molar-refractivity contribution in [3.63, 3.8) is 0 Å². The molecule has 0 aliphatic rings. The summed E-state index contributed by atoms with van der Waals surface area (Å²) < 4.78 is 0.